The minimum Gasteiger partial charge on any atom is -0.498 e. The molecule has 0 saturated carbocycles. The van der Waals surface area contributed by atoms with Gasteiger partial charge < -0.3 is 20.1 Å². The average molecular weight is 400 g/mol. The predicted molar refractivity (Wildman–Crippen MR) is 100 cm³/mol. The quantitative estimate of drug-likeness (QED) is 0.624. The summed E-state index contributed by atoms with van der Waals surface area (Å²) in [5.41, 5.74) is 1.15. The number of amides is 2. The first-order chi connectivity index (χ1) is 12.8. The molecule has 0 unspecified atom stereocenters. The van der Waals surface area contributed by atoms with Crippen molar-refractivity contribution in [2.75, 3.05) is 37.8 Å². The topological polar surface area (TPSA) is 111 Å². The Morgan fingerprint density at radius 3 is 1.63 bits per heavy atom. The lowest BCUT2D eigenvalue weighted by molar-refractivity contribution is -0.118. The summed E-state index contributed by atoms with van der Waals surface area (Å²) in [5, 5.41) is 5.26. The molecule has 2 aliphatic heterocycles. The summed E-state index contributed by atoms with van der Waals surface area (Å²) in [6, 6.07) is 0. The van der Waals surface area contributed by atoms with Crippen molar-refractivity contribution in [3.05, 3.63) is 22.7 Å². The van der Waals surface area contributed by atoms with E-state index >= 15 is 0 Å². The minimum atomic E-state index is -3.39. The van der Waals surface area contributed by atoms with Crippen LogP contribution < -0.4 is 10.6 Å². The van der Waals surface area contributed by atoms with E-state index in [1.807, 2.05) is 0 Å². The fourth-order valence-corrected chi connectivity index (χ4v) is 4.01. The molecule has 0 aromatic carbocycles. The van der Waals surface area contributed by atoms with E-state index in [1.54, 1.807) is 13.8 Å². The molecule has 2 N–H and O–H groups in total. The van der Waals surface area contributed by atoms with Gasteiger partial charge in [0.2, 0.25) is 0 Å². The first-order valence-corrected chi connectivity index (χ1v) is 11.0. The normalized spacial score (nSPS) is 17.9. The Bertz CT molecular complexity index is 683. The van der Waals surface area contributed by atoms with E-state index in [9.17, 15) is 18.0 Å². The van der Waals surface area contributed by atoms with Crippen LogP contribution in [0.5, 0.6) is 0 Å². The SMILES string of the molecule is CC1=C(C(=O)NCCS(=O)(=O)CCNC(=O)C2=C(C)OCCC2)CCCO1. The van der Waals surface area contributed by atoms with Gasteiger partial charge in [0.05, 0.1) is 35.9 Å². The Kier molecular flexibility index (Phi) is 7.70. The summed E-state index contributed by atoms with van der Waals surface area (Å²) < 4.78 is 34.9. The predicted octanol–water partition coefficient (Wildman–Crippen LogP) is 0.802. The van der Waals surface area contributed by atoms with Crippen LogP contribution in [0.15, 0.2) is 22.7 Å². The average Bonchev–Trinajstić information content (AvgIpc) is 2.62. The summed E-state index contributed by atoms with van der Waals surface area (Å²) in [6.07, 6.45) is 2.82. The van der Waals surface area contributed by atoms with Gasteiger partial charge in [0.15, 0.2) is 9.84 Å². The highest BCUT2D eigenvalue weighted by Gasteiger charge is 2.20. The second-order valence-electron chi connectivity index (χ2n) is 6.64. The molecule has 2 amide bonds. The molecule has 152 valence electrons. The summed E-state index contributed by atoms with van der Waals surface area (Å²) >= 11 is 0. The summed E-state index contributed by atoms with van der Waals surface area (Å²) in [7, 11) is -3.39. The maximum absolute atomic E-state index is 12.1. The lowest BCUT2D eigenvalue weighted by atomic mass is 10.1. The molecule has 0 saturated heterocycles. The Hall–Kier alpha value is -2.03. The van der Waals surface area contributed by atoms with Crippen molar-refractivity contribution in [2.45, 2.75) is 39.5 Å². The Morgan fingerprint density at radius 2 is 1.26 bits per heavy atom. The highest BCUT2D eigenvalue weighted by Crippen LogP contribution is 2.19. The molecule has 8 nitrogen and oxygen atoms in total. The lowest BCUT2D eigenvalue weighted by Crippen LogP contribution is -2.35. The zero-order valence-electron chi connectivity index (χ0n) is 15.9. The van der Waals surface area contributed by atoms with Crippen molar-refractivity contribution in [3.63, 3.8) is 0 Å². The molecule has 0 radical (unpaired) electrons. The molecule has 2 rings (SSSR count). The van der Waals surface area contributed by atoms with Gasteiger partial charge in [0.25, 0.3) is 11.8 Å². The zero-order chi connectivity index (χ0) is 19.9. The first-order valence-electron chi connectivity index (χ1n) is 9.22. The van der Waals surface area contributed by atoms with Crippen molar-refractivity contribution in [1.29, 1.82) is 0 Å². The molecule has 0 atom stereocenters. The van der Waals surface area contributed by atoms with Crippen LogP contribution in [-0.4, -0.2) is 58.0 Å². The van der Waals surface area contributed by atoms with Gasteiger partial charge >= 0.3 is 0 Å². The molecule has 0 aliphatic carbocycles. The fraction of sp³-hybridized carbons (Fsp3) is 0.667. The second-order valence-corrected chi connectivity index (χ2v) is 8.94. The Balaban J connectivity index is 1.72. The number of allylic oxidation sites excluding steroid dienone is 2. The third kappa shape index (κ3) is 6.57. The number of sulfone groups is 1. The number of carbonyl (C=O) groups excluding carboxylic acids is 2. The van der Waals surface area contributed by atoms with Crippen LogP contribution in [0.1, 0.15) is 39.5 Å². The van der Waals surface area contributed by atoms with Crippen LogP contribution in [0.25, 0.3) is 0 Å². The fourth-order valence-electron chi connectivity index (χ4n) is 2.98. The lowest BCUT2D eigenvalue weighted by Gasteiger charge is -2.18. The van der Waals surface area contributed by atoms with Gasteiger partial charge in [-0.1, -0.05) is 0 Å². The van der Waals surface area contributed by atoms with Gasteiger partial charge in [-0.3, -0.25) is 9.59 Å². The molecule has 2 aliphatic rings. The molecule has 0 bridgehead atoms. The second kappa shape index (κ2) is 9.77. The maximum atomic E-state index is 12.1. The molecular formula is C18H28N2O6S. The standard InChI is InChI=1S/C18H28N2O6S/c1-13-15(5-3-9-25-13)17(21)19-7-11-27(23,24)12-8-20-18(22)16-6-4-10-26-14(16)2/h3-12H2,1-2H3,(H,19,21)(H,20,22). The third-order valence-corrected chi connectivity index (χ3v) is 6.23. The van der Waals surface area contributed by atoms with Gasteiger partial charge in [-0.25, -0.2) is 8.42 Å². The van der Waals surface area contributed by atoms with Crippen LogP contribution in [0.3, 0.4) is 0 Å². The number of hydrogen-bond acceptors (Lipinski definition) is 6. The van der Waals surface area contributed by atoms with Gasteiger partial charge in [-0.15, -0.1) is 0 Å². The smallest absolute Gasteiger partial charge is 0.250 e. The van der Waals surface area contributed by atoms with E-state index in [0.29, 0.717) is 48.7 Å². The summed E-state index contributed by atoms with van der Waals surface area (Å²) in [4.78, 5) is 24.2. The van der Waals surface area contributed by atoms with Crippen molar-refractivity contribution < 1.29 is 27.5 Å². The molecular weight excluding hydrogens is 372 g/mol. The van der Waals surface area contributed by atoms with E-state index in [2.05, 4.69) is 10.6 Å². The monoisotopic (exact) mass is 400 g/mol. The molecule has 9 heteroatoms. The zero-order valence-corrected chi connectivity index (χ0v) is 16.7. The molecule has 0 aromatic rings. The number of ether oxygens (including phenoxy) is 2. The maximum Gasteiger partial charge on any atom is 0.250 e. The third-order valence-electron chi connectivity index (χ3n) is 4.57. The summed E-state index contributed by atoms with van der Waals surface area (Å²) in [6.45, 7) is 4.74. The molecule has 0 spiro atoms. The number of rotatable bonds is 8. The van der Waals surface area contributed by atoms with E-state index in [-0.39, 0.29) is 36.4 Å². The van der Waals surface area contributed by atoms with E-state index in [1.165, 1.54) is 0 Å². The Labute approximate surface area is 160 Å². The van der Waals surface area contributed by atoms with Gasteiger partial charge in [-0.05, 0) is 39.5 Å². The minimum absolute atomic E-state index is 0.0317. The molecule has 0 fully saturated rings. The van der Waals surface area contributed by atoms with Crippen molar-refractivity contribution in [1.82, 2.24) is 10.6 Å². The van der Waals surface area contributed by atoms with E-state index in [0.717, 1.165) is 12.8 Å². The van der Waals surface area contributed by atoms with Crippen molar-refractivity contribution in [3.8, 4) is 0 Å². The number of nitrogens with one attached hydrogen (secondary N) is 2. The molecule has 27 heavy (non-hydrogen) atoms. The van der Waals surface area contributed by atoms with Crippen molar-refractivity contribution >= 4 is 21.7 Å². The van der Waals surface area contributed by atoms with Crippen molar-refractivity contribution in [2.24, 2.45) is 0 Å². The van der Waals surface area contributed by atoms with Gasteiger partial charge in [-0.2, -0.15) is 0 Å². The first kappa shape index (κ1) is 21.3. The molecule has 0 aromatic heterocycles. The van der Waals surface area contributed by atoms with Crippen LogP contribution >= 0.6 is 0 Å². The van der Waals surface area contributed by atoms with Crippen LogP contribution in [0.2, 0.25) is 0 Å². The number of hydrogen-bond donors (Lipinski definition) is 2. The van der Waals surface area contributed by atoms with Crippen LogP contribution in [0.4, 0.5) is 0 Å². The molecule has 2 heterocycles. The largest absolute Gasteiger partial charge is 0.498 e. The number of carbonyl (C=O) groups is 2. The highest BCUT2D eigenvalue weighted by molar-refractivity contribution is 7.91. The van der Waals surface area contributed by atoms with Gasteiger partial charge in [0, 0.05) is 13.1 Å². The summed E-state index contributed by atoms with van der Waals surface area (Å²) in [5.74, 6) is 0.284. The van der Waals surface area contributed by atoms with Crippen LogP contribution in [0, 0.1) is 0 Å². The van der Waals surface area contributed by atoms with Gasteiger partial charge in [0.1, 0.15) is 11.5 Å². The van der Waals surface area contributed by atoms with E-state index in [4.69, 9.17) is 9.47 Å². The van der Waals surface area contributed by atoms with Crippen LogP contribution in [-0.2, 0) is 28.9 Å². The Morgan fingerprint density at radius 1 is 0.852 bits per heavy atom. The van der Waals surface area contributed by atoms with E-state index < -0.39 is 9.84 Å². The highest BCUT2D eigenvalue weighted by atomic mass is 32.2.